The number of rotatable bonds is 6. The fraction of sp³-hybridized carbons (Fsp3) is 0.480. The van der Waals surface area contributed by atoms with Crippen molar-refractivity contribution in [3.63, 3.8) is 0 Å². The highest BCUT2D eigenvalue weighted by Crippen LogP contribution is 2.34. The van der Waals surface area contributed by atoms with Crippen LogP contribution in [0.15, 0.2) is 30.5 Å². The first-order valence-corrected chi connectivity index (χ1v) is 14.9. The Labute approximate surface area is 226 Å². The SMILES string of the molecule is CN[C@H]1CN(c2nc3cc([C@@H]4CCCCN4C(=O)c4cc(Cl)ccc4NS(C)(=O)=O)nn3cc2C)C[C@@H]1O. The van der Waals surface area contributed by atoms with Gasteiger partial charge in [0.25, 0.3) is 5.91 Å². The molecule has 0 radical (unpaired) electrons. The standard InChI is InChI=1S/C25H32ClN7O4S/c1-15-12-33-23(28-24(15)31-13-20(27-2)22(34)14-31)11-19(29-33)21-6-4-5-9-32(21)25(35)17-10-16(26)7-8-18(17)30-38(3,36)37/h7-8,10-12,20-22,27,30,34H,4-6,9,13-14H2,1-3H3/t20-,21-,22-/m0/s1. The molecule has 0 aliphatic carbocycles. The van der Waals surface area contributed by atoms with Gasteiger partial charge >= 0.3 is 0 Å². The Kier molecular flexibility index (Phi) is 7.25. The van der Waals surface area contributed by atoms with Crippen molar-refractivity contribution in [2.45, 2.75) is 44.4 Å². The molecule has 3 N–H and O–H groups in total. The Morgan fingerprint density at radius 1 is 1.21 bits per heavy atom. The molecule has 0 unspecified atom stereocenters. The van der Waals surface area contributed by atoms with Crippen LogP contribution in [0, 0.1) is 6.92 Å². The number of likely N-dealkylation sites (N-methyl/N-ethyl adjacent to an activating group) is 1. The largest absolute Gasteiger partial charge is 0.390 e. The second-order valence-corrected chi connectivity index (χ2v) is 12.2. The number of aromatic nitrogens is 3. The fourth-order valence-electron chi connectivity index (χ4n) is 5.36. The van der Waals surface area contributed by atoms with Gasteiger partial charge in [-0.15, -0.1) is 0 Å². The maximum absolute atomic E-state index is 13.8. The van der Waals surface area contributed by atoms with Gasteiger partial charge in [-0.25, -0.2) is 17.9 Å². The van der Waals surface area contributed by atoms with E-state index in [1.807, 2.05) is 26.2 Å². The van der Waals surface area contributed by atoms with Gasteiger partial charge in [-0.1, -0.05) is 11.6 Å². The molecule has 2 aliphatic rings. The average Bonchev–Trinajstić information content (AvgIpc) is 3.45. The van der Waals surface area contributed by atoms with Gasteiger partial charge in [0, 0.05) is 42.5 Å². The highest BCUT2D eigenvalue weighted by atomic mass is 35.5. The molecule has 0 spiro atoms. The number of halogens is 1. The van der Waals surface area contributed by atoms with Crippen LogP contribution in [0.4, 0.5) is 11.5 Å². The zero-order valence-electron chi connectivity index (χ0n) is 21.6. The van der Waals surface area contributed by atoms with Gasteiger partial charge in [0.1, 0.15) is 5.82 Å². The second-order valence-electron chi connectivity index (χ2n) is 10.1. The van der Waals surface area contributed by atoms with E-state index in [4.69, 9.17) is 21.7 Å². The zero-order chi connectivity index (χ0) is 27.2. The fourth-order valence-corrected chi connectivity index (χ4v) is 6.11. The van der Waals surface area contributed by atoms with Gasteiger partial charge < -0.3 is 20.2 Å². The zero-order valence-corrected chi connectivity index (χ0v) is 23.1. The number of carbonyl (C=O) groups excluding carboxylic acids is 1. The van der Waals surface area contributed by atoms with Crippen molar-refractivity contribution in [2.75, 3.05) is 42.6 Å². The number of aryl methyl sites for hydroxylation is 1. The molecule has 0 bridgehead atoms. The quantitative estimate of drug-likeness (QED) is 0.417. The Morgan fingerprint density at radius 2 is 2.00 bits per heavy atom. The third kappa shape index (κ3) is 5.31. The molecule has 2 aromatic heterocycles. The second kappa shape index (κ2) is 10.3. The topological polar surface area (TPSA) is 132 Å². The molecule has 1 amide bonds. The highest BCUT2D eigenvalue weighted by molar-refractivity contribution is 7.92. The van der Waals surface area contributed by atoms with Crippen molar-refractivity contribution in [1.82, 2.24) is 24.8 Å². The number of aliphatic hydroxyl groups excluding tert-OH is 1. The molecule has 38 heavy (non-hydrogen) atoms. The first-order chi connectivity index (χ1) is 18.0. The first-order valence-electron chi connectivity index (χ1n) is 12.6. The lowest BCUT2D eigenvalue weighted by Gasteiger charge is -2.35. The van der Waals surface area contributed by atoms with E-state index in [0.717, 1.165) is 42.6 Å². The summed E-state index contributed by atoms with van der Waals surface area (Å²) in [6, 6.07) is 6.12. The molecular formula is C25H32ClN7O4S. The predicted molar refractivity (Wildman–Crippen MR) is 146 cm³/mol. The smallest absolute Gasteiger partial charge is 0.256 e. The van der Waals surface area contributed by atoms with Crippen LogP contribution in [-0.2, 0) is 10.0 Å². The van der Waals surface area contributed by atoms with Crippen LogP contribution in [0.25, 0.3) is 5.65 Å². The van der Waals surface area contributed by atoms with Crippen molar-refractivity contribution in [2.24, 2.45) is 0 Å². The molecule has 1 aromatic carbocycles. The van der Waals surface area contributed by atoms with E-state index in [9.17, 15) is 18.3 Å². The summed E-state index contributed by atoms with van der Waals surface area (Å²) in [6.45, 7) is 3.62. The number of nitrogens with zero attached hydrogens (tertiary/aromatic N) is 5. The third-order valence-corrected chi connectivity index (χ3v) is 8.02. The normalized spacial score (nSPS) is 22.3. The summed E-state index contributed by atoms with van der Waals surface area (Å²) >= 11 is 6.19. The number of fused-ring (bicyclic) bond motifs is 1. The van der Waals surface area contributed by atoms with E-state index < -0.39 is 16.1 Å². The Bertz CT molecular complexity index is 1480. The minimum atomic E-state index is -3.60. The van der Waals surface area contributed by atoms with Crippen LogP contribution < -0.4 is 14.9 Å². The Hall–Kier alpha value is -2.93. The number of β-amino-alcohol motifs (C(OH)–C–C–N with tert-alkyl or cyclic N) is 1. The molecule has 2 saturated heterocycles. The predicted octanol–water partition coefficient (Wildman–Crippen LogP) is 2.20. The molecule has 2 aliphatic heterocycles. The number of hydrogen-bond acceptors (Lipinski definition) is 8. The number of carbonyl (C=O) groups is 1. The number of anilines is 2. The number of amides is 1. The summed E-state index contributed by atoms with van der Waals surface area (Å²) in [5.74, 6) is 0.488. The minimum absolute atomic E-state index is 0.0247. The van der Waals surface area contributed by atoms with E-state index in [-0.39, 0.29) is 29.2 Å². The van der Waals surface area contributed by atoms with Crippen LogP contribution in [-0.4, -0.2) is 84.0 Å². The summed E-state index contributed by atoms with van der Waals surface area (Å²) in [6.07, 6.45) is 4.96. The van der Waals surface area contributed by atoms with Crippen LogP contribution >= 0.6 is 11.6 Å². The average molecular weight is 562 g/mol. The maximum atomic E-state index is 13.8. The minimum Gasteiger partial charge on any atom is -0.390 e. The van der Waals surface area contributed by atoms with E-state index in [1.54, 1.807) is 15.5 Å². The van der Waals surface area contributed by atoms with Gasteiger partial charge in [-0.2, -0.15) is 5.10 Å². The van der Waals surface area contributed by atoms with Gasteiger partial charge in [0.05, 0.1) is 41.4 Å². The third-order valence-electron chi connectivity index (χ3n) is 7.20. The lowest BCUT2D eigenvalue weighted by molar-refractivity contribution is 0.0607. The van der Waals surface area contributed by atoms with Crippen molar-refractivity contribution in [3.8, 4) is 0 Å². The Morgan fingerprint density at radius 3 is 2.71 bits per heavy atom. The van der Waals surface area contributed by atoms with E-state index in [1.165, 1.54) is 12.1 Å². The number of nitrogens with one attached hydrogen (secondary N) is 2. The van der Waals surface area contributed by atoms with Gasteiger partial charge in [0.2, 0.25) is 10.0 Å². The number of aliphatic hydroxyl groups is 1. The molecule has 13 heteroatoms. The number of sulfonamides is 1. The molecular weight excluding hydrogens is 530 g/mol. The van der Waals surface area contributed by atoms with Crippen molar-refractivity contribution >= 4 is 44.7 Å². The van der Waals surface area contributed by atoms with Gasteiger partial charge in [0.15, 0.2) is 5.65 Å². The van der Waals surface area contributed by atoms with Crippen LogP contribution in [0.5, 0.6) is 0 Å². The van der Waals surface area contributed by atoms with Crippen molar-refractivity contribution < 1.29 is 18.3 Å². The molecule has 3 atom stereocenters. The van der Waals surface area contributed by atoms with Crippen molar-refractivity contribution in [3.05, 3.63) is 52.3 Å². The van der Waals surface area contributed by atoms with Crippen LogP contribution in [0.3, 0.4) is 0 Å². The molecule has 5 rings (SSSR count). The number of benzene rings is 1. The van der Waals surface area contributed by atoms with E-state index >= 15 is 0 Å². The summed E-state index contributed by atoms with van der Waals surface area (Å²) in [7, 11) is -1.76. The Balaban J connectivity index is 1.47. The number of hydrogen-bond donors (Lipinski definition) is 3. The lowest BCUT2D eigenvalue weighted by Crippen LogP contribution is -2.39. The number of likely N-dealkylation sites (tertiary alicyclic amines) is 1. The van der Waals surface area contributed by atoms with Gasteiger partial charge in [-0.05, 0) is 51.4 Å². The molecule has 11 nitrogen and oxygen atoms in total. The number of piperidine rings is 1. The molecule has 2 fully saturated rings. The molecule has 0 saturated carbocycles. The molecule has 204 valence electrons. The van der Waals surface area contributed by atoms with Crippen molar-refractivity contribution in [1.29, 1.82) is 0 Å². The molecule has 3 aromatic rings. The first kappa shape index (κ1) is 26.7. The summed E-state index contributed by atoms with van der Waals surface area (Å²) in [5.41, 5.74) is 2.69. The van der Waals surface area contributed by atoms with Crippen LogP contribution in [0.2, 0.25) is 5.02 Å². The summed E-state index contributed by atoms with van der Waals surface area (Å²) < 4.78 is 28.0. The van der Waals surface area contributed by atoms with E-state index in [2.05, 4.69) is 14.9 Å². The summed E-state index contributed by atoms with van der Waals surface area (Å²) in [5, 5.41) is 18.6. The molecule has 4 heterocycles. The van der Waals surface area contributed by atoms with Gasteiger partial charge in [-0.3, -0.25) is 9.52 Å². The maximum Gasteiger partial charge on any atom is 0.256 e. The van der Waals surface area contributed by atoms with Crippen LogP contribution in [0.1, 0.15) is 46.9 Å². The van der Waals surface area contributed by atoms with E-state index in [0.29, 0.717) is 30.3 Å². The highest BCUT2D eigenvalue weighted by Gasteiger charge is 2.34. The monoisotopic (exact) mass is 561 g/mol. The lowest BCUT2D eigenvalue weighted by atomic mass is 9.98. The summed E-state index contributed by atoms with van der Waals surface area (Å²) in [4.78, 5) is 22.4.